The molecular weight excluding hydrogens is 296 g/mol. The molecule has 6 nitrogen and oxygen atoms in total. The minimum Gasteiger partial charge on any atom is -0.449 e. The lowest BCUT2D eigenvalue weighted by Gasteiger charge is -2.23. The van der Waals surface area contributed by atoms with E-state index in [2.05, 4.69) is 5.32 Å². The third-order valence-electron chi connectivity index (χ3n) is 3.85. The minimum absolute atomic E-state index is 0.284. The Morgan fingerprint density at radius 2 is 1.91 bits per heavy atom. The number of likely N-dealkylation sites (N-methyl/N-ethyl adjacent to an activating group) is 1. The van der Waals surface area contributed by atoms with Crippen LogP contribution in [0.15, 0.2) is 24.3 Å². The van der Waals surface area contributed by atoms with Crippen LogP contribution in [0, 0.1) is 0 Å². The van der Waals surface area contributed by atoms with Crippen LogP contribution >= 0.6 is 0 Å². The molecule has 1 fully saturated rings. The molecule has 1 aliphatic heterocycles. The molecule has 2 N–H and O–H groups in total. The molecule has 1 amide bonds. The summed E-state index contributed by atoms with van der Waals surface area (Å²) in [4.78, 5) is 25.1. The highest BCUT2D eigenvalue weighted by Gasteiger charge is 2.19. The summed E-state index contributed by atoms with van der Waals surface area (Å²) in [7, 11) is 0. The Morgan fingerprint density at radius 1 is 1.26 bits per heavy atom. The summed E-state index contributed by atoms with van der Waals surface area (Å²) < 4.78 is 10.5. The normalized spacial score (nSPS) is 16.6. The molecule has 6 heteroatoms. The number of morpholine rings is 1. The second kappa shape index (κ2) is 8.64. The molecule has 1 saturated heterocycles. The fraction of sp³-hybridized carbons (Fsp3) is 0.529. The van der Waals surface area contributed by atoms with Gasteiger partial charge in [-0.05, 0) is 26.0 Å². The lowest BCUT2D eigenvalue weighted by Crippen LogP contribution is -3.12. The van der Waals surface area contributed by atoms with Crippen LogP contribution in [0.3, 0.4) is 0 Å². The van der Waals surface area contributed by atoms with E-state index in [0.29, 0.717) is 12.1 Å². The summed E-state index contributed by atoms with van der Waals surface area (Å²) in [6, 6.07) is 7.38. The molecule has 0 spiro atoms. The van der Waals surface area contributed by atoms with Gasteiger partial charge in [0.2, 0.25) is 0 Å². The average Bonchev–Trinajstić information content (AvgIpc) is 2.56. The minimum atomic E-state index is -0.792. The monoisotopic (exact) mass is 321 g/mol. The van der Waals surface area contributed by atoms with Crippen LogP contribution in [-0.4, -0.2) is 50.8 Å². The number of carbonyl (C=O) groups is 2. The van der Waals surface area contributed by atoms with E-state index in [1.807, 2.05) is 19.1 Å². The number of rotatable bonds is 6. The molecular formula is C17H25N2O4+. The third kappa shape index (κ3) is 5.33. The predicted molar refractivity (Wildman–Crippen MR) is 85.2 cm³/mol. The second-order valence-corrected chi connectivity index (χ2v) is 5.68. The first-order chi connectivity index (χ1) is 11.1. The van der Waals surface area contributed by atoms with Crippen LogP contribution in [-0.2, 0) is 20.8 Å². The van der Waals surface area contributed by atoms with Gasteiger partial charge in [0.15, 0.2) is 6.10 Å². The van der Waals surface area contributed by atoms with Crippen molar-refractivity contribution in [2.24, 2.45) is 0 Å². The van der Waals surface area contributed by atoms with Gasteiger partial charge in [-0.25, -0.2) is 4.79 Å². The van der Waals surface area contributed by atoms with Gasteiger partial charge in [-0.3, -0.25) is 4.79 Å². The van der Waals surface area contributed by atoms with Crippen LogP contribution in [0.1, 0.15) is 29.8 Å². The van der Waals surface area contributed by atoms with Crippen molar-refractivity contribution in [2.75, 3.05) is 32.8 Å². The van der Waals surface area contributed by atoms with Crippen LogP contribution < -0.4 is 10.2 Å². The SMILES string of the molecule is CCNC(=O)[C@H](C)OC(=O)c1ccc(C[NH+]2CCOCC2)cc1. The number of carbonyl (C=O) groups excluding carboxylic acids is 2. The average molecular weight is 321 g/mol. The first kappa shape index (κ1) is 17.4. The molecule has 0 saturated carbocycles. The van der Waals surface area contributed by atoms with Gasteiger partial charge in [0, 0.05) is 12.1 Å². The van der Waals surface area contributed by atoms with Gasteiger partial charge >= 0.3 is 5.97 Å². The van der Waals surface area contributed by atoms with Crippen molar-refractivity contribution in [1.82, 2.24) is 5.32 Å². The van der Waals surface area contributed by atoms with E-state index < -0.39 is 12.1 Å². The molecule has 1 heterocycles. The number of esters is 1. The molecule has 126 valence electrons. The summed E-state index contributed by atoms with van der Waals surface area (Å²) in [5.41, 5.74) is 1.64. The standard InChI is InChI=1S/C17H24N2O4/c1-3-18-16(20)13(2)23-17(21)15-6-4-14(5-7-15)12-19-8-10-22-11-9-19/h4-7,13H,3,8-12H2,1-2H3,(H,18,20)/p+1/t13-/m0/s1. The molecule has 0 aliphatic carbocycles. The molecule has 2 rings (SSSR count). The topological polar surface area (TPSA) is 69.1 Å². The number of benzene rings is 1. The van der Waals surface area contributed by atoms with Gasteiger partial charge in [-0.15, -0.1) is 0 Å². The van der Waals surface area contributed by atoms with Crippen molar-refractivity contribution in [3.8, 4) is 0 Å². The Morgan fingerprint density at radius 3 is 2.52 bits per heavy atom. The zero-order valence-corrected chi connectivity index (χ0v) is 13.8. The Kier molecular flexibility index (Phi) is 6.55. The van der Waals surface area contributed by atoms with Gasteiger partial charge in [-0.2, -0.15) is 0 Å². The molecule has 1 aromatic carbocycles. The third-order valence-corrected chi connectivity index (χ3v) is 3.85. The molecule has 0 bridgehead atoms. The molecule has 0 unspecified atom stereocenters. The number of amides is 1. The van der Waals surface area contributed by atoms with E-state index in [0.717, 1.165) is 32.8 Å². The Bertz CT molecular complexity index is 524. The van der Waals surface area contributed by atoms with Crippen molar-refractivity contribution in [3.63, 3.8) is 0 Å². The van der Waals surface area contributed by atoms with Crippen molar-refractivity contribution < 1.29 is 24.0 Å². The smallest absolute Gasteiger partial charge is 0.338 e. The van der Waals surface area contributed by atoms with E-state index >= 15 is 0 Å². The van der Waals surface area contributed by atoms with Crippen LogP contribution in [0.4, 0.5) is 0 Å². The number of ether oxygens (including phenoxy) is 2. The van der Waals surface area contributed by atoms with Gasteiger partial charge in [0.1, 0.15) is 19.6 Å². The zero-order chi connectivity index (χ0) is 16.7. The largest absolute Gasteiger partial charge is 0.449 e. The van der Waals surface area contributed by atoms with E-state index in [4.69, 9.17) is 9.47 Å². The van der Waals surface area contributed by atoms with E-state index in [1.165, 1.54) is 10.5 Å². The maximum Gasteiger partial charge on any atom is 0.338 e. The highest BCUT2D eigenvalue weighted by Crippen LogP contribution is 2.07. The Balaban J connectivity index is 1.88. The molecule has 0 radical (unpaired) electrons. The highest BCUT2D eigenvalue weighted by molar-refractivity contribution is 5.92. The summed E-state index contributed by atoms with van der Waals surface area (Å²) in [6.45, 7) is 8.45. The fourth-order valence-corrected chi connectivity index (χ4v) is 2.48. The number of quaternary nitrogens is 1. The first-order valence-corrected chi connectivity index (χ1v) is 8.09. The quantitative estimate of drug-likeness (QED) is 0.711. The van der Waals surface area contributed by atoms with Gasteiger partial charge in [0.05, 0.1) is 18.8 Å². The van der Waals surface area contributed by atoms with Crippen LogP contribution in [0.5, 0.6) is 0 Å². The van der Waals surface area contributed by atoms with Crippen LogP contribution in [0.25, 0.3) is 0 Å². The lowest BCUT2D eigenvalue weighted by molar-refractivity contribution is -0.921. The lowest BCUT2D eigenvalue weighted by atomic mass is 10.1. The zero-order valence-electron chi connectivity index (χ0n) is 13.8. The number of hydrogen-bond donors (Lipinski definition) is 2. The second-order valence-electron chi connectivity index (χ2n) is 5.68. The van der Waals surface area contributed by atoms with Gasteiger partial charge in [-0.1, -0.05) is 12.1 Å². The summed E-state index contributed by atoms with van der Waals surface area (Å²) in [5.74, 6) is -0.762. The highest BCUT2D eigenvalue weighted by atomic mass is 16.5. The predicted octanol–water partition coefficient (Wildman–Crippen LogP) is -0.217. The Hall–Kier alpha value is -1.92. The number of nitrogens with one attached hydrogen (secondary N) is 2. The fourth-order valence-electron chi connectivity index (χ4n) is 2.48. The maximum absolute atomic E-state index is 12.0. The molecule has 23 heavy (non-hydrogen) atoms. The molecule has 0 aromatic heterocycles. The van der Waals surface area contributed by atoms with Gasteiger partial charge < -0.3 is 19.7 Å². The van der Waals surface area contributed by atoms with Crippen molar-refractivity contribution in [2.45, 2.75) is 26.5 Å². The number of hydrogen-bond acceptors (Lipinski definition) is 4. The molecule has 1 atom stereocenters. The molecule has 1 aliphatic rings. The van der Waals surface area contributed by atoms with Crippen molar-refractivity contribution >= 4 is 11.9 Å². The summed E-state index contributed by atoms with van der Waals surface area (Å²) in [5, 5.41) is 2.63. The van der Waals surface area contributed by atoms with E-state index in [-0.39, 0.29) is 5.91 Å². The Labute approximate surface area is 136 Å². The van der Waals surface area contributed by atoms with Crippen LogP contribution in [0.2, 0.25) is 0 Å². The summed E-state index contributed by atoms with van der Waals surface area (Å²) >= 11 is 0. The van der Waals surface area contributed by atoms with Crippen molar-refractivity contribution in [1.29, 1.82) is 0 Å². The van der Waals surface area contributed by atoms with E-state index in [9.17, 15) is 9.59 Å². The van der Waals surface area contributed by atoms with Gasteiger partial charge in [0.25, 0.3) is 5.91 Å². The molecule has 1 aromatic rings. The maximum atomic E-state index is 12.0. The first-order valence-electron chi connectivity index (χ1n) is 8.09. The summed E-state index contributed by atoms with van der Waals surface area (Å²) in [6.07, 6.45) is -0.792. The van der Waals surface area contributed by atoms with Crippen molar-refractivity contribution in [3.05, 3.63) is 35.4 Å². The van der Waals surface area contributed by atoms with E-state index in [1.54, 1.807) is 19.1 Å².